The lowest BCUT2D eigenvalue weighted by Crippen LogP contribution is -2.15. The fourth-order valence-corrected chi connectivity index (χ4v) is 2.52. The average molecular weight is 397 g/mol. The van der Waals surface area contributed by atoms with E-state index in [4.69, 9.17) is 11.6 Å². The number of nitrogens with zero attached hydrogens (tertiary/aromatic N) is 2. The van der Waals surface area contributed by atoms with Crippen LogP contribution in [-0.4, -0.2) is 29.0 Å². The molecule has 0 radical (unpaired) electrons. The Kier molecular flexibility index (Phi) is 6.18. The SMILES string of the molecule is COC(=O)c1cccc(NC(=O)c2ccnc(NCc3ccc(Cl)cc3)n2)c1. The fourth-order valence-electron chi connectivity index (χ4n) is 2.39. The molecule has 0 fully saturated rings. The molecular formula is C20H17ClN4O3. The second kappa shape index (κ2) is 8.96. The Hall–Kier alpha value is -3.45. The molecule has 28 heavy (non-hydrogen) atoms. The topological polar surface area (TPSA) is 93.2 Å². The molecule has 0 unspecified atom stereocenters. The third kappa shape index (κ3) is 5.05. The number of ether oxygens (including phenoxy) is 1. The number of halogens is 1. The Morgan fingerprint density at radius 2 is 1.89 bits per heavy atom. The van der Waals surface area contributed by atoms with Crippen molar-refractivity contribution in [3.8, 4) is 0 Å². The van der Waals surface area contributed by atoms with Crippen LogP contribution in [0.4, 0.5) is 11.6 Å². The molecule has 0 spiro atoms. The van der Waals surface area contributed by atoms with Crippen LogP contribution in [-0.2, 0) is 11.3 Å². The van der Waals surface area contributed by atoms with Gasteiger partial charge < -0.3 is 15.4 Å². The summed E-state index contributed by atoms with van der Waals surface area (Å²) >= 11 is 5.87. The summed E-state index contributed by atoms with van der Waals surface area (Å²) in [5.74, 6) is -0.573. The van der Waals surface area contributed by atoms with Crippen LogP contribution in [0.2, 0.25) is 5.02 Å². The summed E-state index contributed by atoms with van der Waals surface area (Å²) in [4.78, 5) is 32.4. The first-order valence-electron chi connectivity index (χ1n) is 8.36. The summed E-state index contributed by atoms with van der Waals surface area (Å²) in [7, 11) is 1.30. The van der Waals surface area contributed by atoms with E-state index in [1.165, 1.54) is 25.4 Å². The number of nitrogens with one attached hydrogen (secondary N) is 2. The van der Waals surface area contributed by atoms with Crippen molar-refractivity contribution in [1.82, 2.24) is 9.97 Å². The molecular weight excluding hydrogens is 380 g/mol. The number of rotatable bonds is 6. The number of benzene rings is 2. The van der Waals surface area contributed by atoms with Crippen LogP contribution in [0.5, 0.6) is 0 Å². The van der Waals surface area contributed by atoms with E-state index in [-0.39, 0.29) is 5.69 Å². The van der Waals surface area contributed by atoms with E-state index >= 15 is 0 Å². The number of anilines is 2. The van der Waals surface area contributed by atoms with Gasteiger partial charge in [0, 0.05) is 23.5 Å². The van der Waals surface area contributed by atoms with Gasteiger partial charge in [-0.05, 0) is 42.0 Å². The van der Waals surface area contributed by atoms with Gasteiger partial charge in [0.2, 0.25) is 5.95 Å². The van der Waals surface area contributed by atoms with Crippen LogP contribution in [0.15, 0.2) is 60.8 Å². The number of methoxy groups -OCH3 is 1. The van der Waals surface area contributed by atoms with E-state index in [9.17, 15) is 9.59 Å². The molecule has 0 atom stereocenters. The highest BCUT2D eigenvalue weighted by molar-refractivity contribution is 6.30. The van der Waals surface area contributed by atoms with E-state index in [1.54, 1.807) is 30.3 Å². The molecule has 0 aliphatic heterocycles. The first-order chi connectivity index (χ1) is 13.5. The third-order valence-electron chi connectivity index (χ3n) is 3.79. The van der Waals surface area contributed by atoms with Crippen molar-refractivity contribution in [2.45, 2.75) is 6.54 Å². The van der Waals surface area contributed by atoms with Crippen LogP contribution in [0.3, 0.4) is 0 Å². The molecule has 2 N–H and O–H groups in total. The molecule has 3 rings (SSSR count). The first kappa shape index (κ1) is 19.3. The van der Waals surface area contributed by atoms with Gasteiger partial charge in [-0.25, -0.2) is 14.8 Å². The van der Waals surface area contributed by atoms with Crippen LogP contribution >= 0.6 is 11.6 Å². The molecule has 0 aliphatic rings. The summed E-state index contributed by atoms with van der Waals surface area (Å²) in [5, 5.41) is 6.43. The van der Waals surface area contributed by atoms with Gasteiger partial charge in [0.05, 0.1) is 12.7 Å². The lowest BCUT2D eigenvalue weighted by molar-refractivity contribution is 0.0600. The van der Waals surface area contributed by atoms with Crippen LogP contribution in [0.1, 0.15) is 26.4 Å². The molecule has 1 amide bonds. The summed E-state index contributed by atoms with van der Waals surface area (Å²) in [6.07, 6.45) is 1.50. The maximum absolute atomic E-state index is 12.5. The standard InChI is InChI=1S/C20H17ClN4O3/c1-28-19(27)14-3-2-4-16(11-14)24-18(26)17-9-10-22-20(25-17)23-12-13-5-7-15(21)8-6-13/h2-11H,12H2,1H3,(H,24,26)(H,22,23,25). The Labute approximate surface area is 166 Å². The Bertz CT molecular complexity index is 993. The second-order valence-electron chi connectivity index (χ2n) is 5.77. The Morgan fingerprint density at radius 3 is 2.64 bits per heavy atom. The molecule has 7 nitrogen and oxygen atoms in total. The zero-order chi connectivity index (χ0) is 19.9. The van der Waals surface area contributed by atoms with Crippen molar-refractivity contribution in [2.24, 2.45) is 0 Å². The summed E-state index contributed by atoms with van der Waals surface area (Å²) < 4.78 is 4.68. The zero-order valence-corrected chi connectivity index (χ0v) is 15.7. The van der Waals surface area contributed by atoms with Gasteiger partial charge in [-0.15, -0.1) is 0 Å². The number of carbonyl (C=O) groups is 2. The van der Waals surface area contributed by atoms with Gasteiger partial charge in [-0.2, -0.15) is 0 Å². The number of carbonyl (C=O) groups excluding carboxylic acids is 2. The third-order valence-corrected chi connectivity index (χ3v) is 4.05. The quantitative estimate of drug-likeness (QED) is 0.616. The number of aromatic nitrogens is 2. The Morgan fingerprint density at radius 1 is 1.11 bits per heavy atom. The van der Waals surface area contributed by atoms with Crippen molar-refractivity contribution < 1.29 is 14.3 Å². The predicted molar refractivity (Wildman–Crippen MR) is 107 cm³/mol. The lowest BCUT2D eigenvalue weighted by Gasteiger charge is -2.08. The van der Waals surface area contributed by atoms with E-state index in [0.717, 1.165) is 5.56 Å². The molecule has 0 aliphatic carbocycles. The molecule has 1 aromatic heterocycles. The van der Waals surface area contributed by atoms with Crippen molar-refractivity contribution >= 4 is 35.1 Å². The van der Waals surface area contributed by atoms with Crippen molar-refractivity contribution in [2.75, 3.05) is 17.7 Å². The van der Waals surface area contributed by atoms with E-state index in [2.05, 4.69) is 25.3 Å². The van der Waals surface area contributed by atoms with E-state index < -0.39 is 11.9 Å². The minimum atomic E-state index is -0.480. The summed E-state index contributed by atoms with van der Waals surface area (Å²) in [5.41, 5.74) is 2.00. The van der Waals surface area contributed by atoms with E-state index in [0.29, 0.717) is 28.8 Å². The van der Waals surface area contributed by atoms with Crippen LogP contribution in [0, 0.1) is 0 Å². The summed E-state index contributed by atoms with van der Waals surface area (Å²) in [6, 6.07) is 15.3. The van der Waals surface area contributed by atoms with Crippen LogP contribution in [0.25, 0.3) is 0 Å². The van der Waals surface area contributed by atoms with Gasteiger partial charge in [-0.1, -0.05) is 29.8 Å². The zero-order valence-electron chi connectivity index (χ0n) is 15.0. The average Bonchev–Trinajstić information content (AvgIpc) is 2.73. The Balaban J connectivity index is 1.66. The van der Waals surface area contributed by atoms with Crippen molar-refractivity contribution in [1.29, 1.82) is 0 Å². The van der Waals surface area contributed by atoms with Gasteiger partial charge in [-0.3, -0.25) is 4.79 Å². The maximum Gasteiger partial charge on any atom is 0.337 e. The summed E-state index contributed by atoms with van der Waals surface area (Å²) in [6.45, 7) is 0.489. The highest BCUT2D eigenvalue weighted by atomic mass is 35.5. The second-order valence-corrected chi connectivity index (χ2v) is 6.21. The number of hydrogen-bond donors (Lipinski definition) is 2. The van der Waals surface area contributed by atoms with E-state index in [1.807, 2.05) is 12.1 Å². The predicted octanol–water partition coefficient (Wildman–Crippen LogP) is 3.78. The largest absolute Gasteiger partial charge is 0.465 e. The monoisotopic (exact) mass is 396 g/mol. The van der Waals surface area contributed by atoms with Crippen molar-refractivity contribution in [3.05, 3.63) is 82.6 Å². The molecule has 8 heteroatoms. The highest BCUT2D eigenvalue weighted by Gasteiger charge is 2.11. The minimum Gasteiger partial charge on any atom is -0.465 e. The molecule has 0 bridgehead atoms. The van der Waals surface area contributed by atoms with Crippen molar-refractivity contribution in [3.63, 3.8) is 0 Å². The maximum atomic E-state index is 12.5. The first-order valence-corrected chi connectivity index (χ1v) is 8.74. The van der Waals surface area contributed by atoms with Gasteiger partial charge >= 0.3 is 5.97 Å². The number of hydrogen-bond acceptors (Lipinski definition) is 6. The fraction of sp³-hybridized carbons (Fsp3) is 0.100. The lowest BCUT2D eigenvalue weighted by atomic mass is 10.2. The normalized spacial score (nSPS) is 10.2. The van der Waals surface area contributed by atoms with Gasteiger partial charge in [0.15, 0.2) is 0 Å². The van der Waals surface area contributed by atoms with Gasteiger partial charge in [0.25, 0.3) is 5.91 Å². The number of esters is 1. The van der Waals surface area contributed by atoms with Crippen LogP contribution < -0.4 is 10.6 Å². The molecule has 2 aromatic carbocycles. The molecule has 0 saturated carbocycles. The van der Waals surface area contributed by atoms with Gasteiger partial charge in [0.1, 0.15) is 5.69 Å². The highest BCUT2D eigenvalue weighted by Crippen LogP contribution is 2.14. The smallest absolute Gasteiger partial charge is 0.337 e. The minimum absolute atomic E-state index is 0.192. The molecule has 0 saturated heterocycles. The molecule has 3 aromatic rings. The molecule has 1 heterocycles. The number of amides is 1. The molecule has 142 valence electrons.